The Labute approximate surface area is 257 Å². The van der Waals surface area contributed by atoms with E-state index in [1.54, 1.807) is 37.4 Å². The van der Waals surface area contributed by atoms with Crippen molar-refractivity contribution in [3.63, 3.8) is 0 Å². The molecule has 1 heterocycles. The molecule has 0 bridgehead atoms. The second kappa shape index (κ2) is 13.5. The Balaban J connectivity index is 2.43. The van der Waals surface area contributed by atoms with E-state index >= 15 is 0 Å². The zero-order valence-electron chi connectivity index (χ0n) is 25.5. The van der Waals surface area contributed by atoms with E-state index in [1.165, 1.54) is 31.2 Å². The van der Waals surface area contributed by atoms with Crippen LogP contribution in [0.3, 0.4) is 0 Å². The minimum absolute atomic E-state index is 0.0469. The van der Waals surface area contributed by atoms with Gasteiger partial charge in [0.15, 0.2) is 11.5 Å². The molecule has 2 N–H and O–H groups in total. The average molecular weight is 634 g/mol. The molecule has 11 nitrogen and oxygen atoms in total. The summed E-state index contributed by atoms with van der Waals surface area (Å²) in [5.74, 6) is -5.52. The zero-order chi connectivity index (χ0) is 33.9. The van der Waals surface area contributed by atoms with E-state index in [1.807, 2.05) is 0 Å². The van der Waals surface area contributed by atoms with Crippen LogP contribution in [0.4, 0.5) is 13.2 Å². The Morgan fingerprint density at radius 1 is 0.933 bits per heavy atom. The summed E-state index contributed by atoms with van der Waals surface area (Å²) < 4.78 is 54.9. The smallest absolute Gasteiger partial charge is 0.423 e. The fourth-order valence-electron chi connectivity index (χ4n) is 5.10. The van der Waals surface area contributed by atoms with Crippen molar-refractivity contribution in [1.29, 1.82) is 0 Å². The Morgan fingerprint density at radius 3 is 2.00 bits per heavy atom. The summed E-state index contributed by atoms with van der Waals surface area (Å²) >= 11 is 0. The first-order valence-electron chi connectivity index (χ1n) is 13.8. The SMILES string of the molecule is CC(=O)NC(O)(C(Cc1ccccc1)N1C(=O)C(C(C)C)N(C(C)=O)C=C1c1ccc(OC(C)=O)c(OC(C)=O)c1)C(F)(F)F. The minimum atomic E-state index is -5.50. The number of nitrogens with zero attached hydrogens (tertiary/aromatic N) is 2. The predicted molar refractivity (Wildman–Crippen MR) is 154 cm³/mol. The maximum atomic E-state index is 14.9. The highest BCUT2D eigenvalue weighted by molar-refractivity contribution is 5.97. The molecule has 45 heavy (non-hydrogen) atoms. The van der Waals surface area contributed by atoms with Crippen LogP contribution in [0.25, 0.3) is 5.70 Å². The molecule has 3 unspecified atom stereocenters. The second-order valence-electron chi connectivity index (χ2n) is 10.8. The third-order valence-corrected chi connectivity index (χ3v) is 6.92. The molecule has 3 rings (SSSR count). The summed E-state index contributed by atoms with van der Waals surface area (Å²) in [6.07, 6.45) is -4.95. The number of hydrogen-bond donors (Lipinski definition) is 2. The van der Waals surface area contributed by atoms with Gasteiger partial charge in [0.2, 0.25) is 11.8 Å². The molecule has 242 valence electrons. The van der Waals surface area contributed by atoms with Gasteiger partial charge in [0.1, 0.15) is 6.04 Å². The third kappa shape index (κ3) is 7.69. The molecule has 0 aliphatic carbocycles. The van der Waals surface area contributed by atoms with Gasteiger partial charge < -0.3 is 24.8 Å². The fraction of sp³-hybridized carbons (Fsp3) is 0.387. The number of halogens is 3. The van der Waals surface area contributed by atoms with Crippen molar-refractivity contribution in [2.45, 2.75) is 71.9 Å². The van der Waals surface area contributed by atoms with E-state index in [-0.39, 0.29) is 28.3 Å². The van der Waals surface area contributed by atoms with Crippen LogP contribution in [0.5, 0.6) is 11.5 Å². The van der Waals surface area contributed by atoms with Crippen LogP contribution in [0.1, 0.15) is 52.7 Å². The van der Waals surface area contributed by atoms with E-state index in [2.05, 4.69) is 0 Å². The number of amides is 3. The molecule has 2 aromatic carbocycles. The molecule has 3 atom stereocenters. The molecule has 1 aliphatic heterocycles. The number of carbonyl (C=O) groups is 5. The van der Waals surface area contributed by atoms with Gasteiger partial charge in [-0.15, -0.1) is 0 Å². The average Bonchev–Trinajstić information content (AvgIpc) is 2.91. The minimum Gasteiger partial charge on any atom is -0.423 e. The molecule has 2 aromatic rings. The monoisotopic (exact) mass is 633 g/mol. The van der Waals surface area contributed by atoms with Gasteiger partial charge in [-0.05, 0) is 36.1 Å². The van der Waals surface area contributed by atoms with Crippen LogP contribution in [0.2, 0.25) is 0 Å². The van der Waals surface area contributed by atoms with Crippen molar-refractivity contribution >= 4 is 35.4 Å². The lowest BCUT2D eigenvalue weighted by atomic mass is 9.88. The summed E-state index contributed by atoms with van der Waals surface area (Å²) in [5, 5.41) is 13.0. The topological polar surface area (TPSA) is 143 Å². The molecular weight excluding hydrogens is 599 g/mol. The predicted octanol–water partition coefficient (Wildman–Crippen LogP) is 3.55. The summed E-state index contributed by atoms with van der Waals surface area (Å²) in [6, 6.07) is 7.81. The third-order valence-electron chi connectivity index (χ3n) is 6.92. The molecule has 1 aliphatic rings. The standard InChI is InChI=1S/C31H34F3N3O8/c1-17(2)28-29(42)37(27(14-22-10-8-7-9-11-22)30(43,31(32,33)34)35-18(3)38)24(16-36(28)19(4)39)23-12-13-25(44-20(5)40)26(15-23)45-21(6)41/h7-13,15-17,27-28,43H,14H2,1-6H3,(H,35,38). The van der Waals surface area contributed by atoms with Crippen molar-refractivity contribution in [2.75, 3.05) is 0 Å². The summed E-state index contributed by atoms with van der Waals surface area (Å²) in [5.41, 5.74) is -4.05. The van der Waals surface area contributed by atoms with Crippen LogP contribution in [-0.4, -0.2) is 68.6 Å². The molecule has 0 saturated carbocycles. The maximum Gasteiger partial charge on any atom is 0.438 e. The van der Waals surface area contributed by atoms with Gasteiger partial charge in [-0.3, -0.25) is 28.9 Å². The van der Waals surface area contributed by atoms with Crippen LogP contribution < -0.4 is 14.8 Å². The number of ether oxygens (including phenoxy) is 2. The van der Waals surface area contributed by atoms with Gasteiger partial charge >= 0.3 is 18.1 Å². The number of aliphatic hydroxyl groups is 1. The number of benzene rings is 2. The highest BCUT2D eigenvalue weighted by Gasteiger charge is 2.63. The molecule has 3 amide bonds. The summed E-state index contributed by atoms with van der Waals surface area (Å²) in [4.78, 5) is 64.6. The number of alkyl halides is 3. The first kappa shape index (κ1) is 34.8. The Morgan fingerprint density at radius 2 is 1.51 bits per heavy atom. The molecular formula is C31H34F3N3O8. The summed E-state index contributed by atoms with van der Waals surface area (Å²) in [7, 11) is 0. The van der Waals surface area contributed by atoms with E-state index in [0.29, 0.717) is 4.90 Å². The van der Waals surface area contributed by atoms with Crippen molar-refractivity contribution in [1.82, 2.24) is 15.1 Å². The quantitative estimate of drug-likeness (QED) is 0.243. The van der Waals surface area contributed by atoms with Gasteiger partial charge in [-0.1, -0.05) is 44.2 Å². The van der Waals surface area contributed by atoms with Crippen molar-refractivity contribution in [3.8, 4) is 11.5 Å². The van der Waals surface area contributed by atoms with Crippen molar-refractivity contribution in [2.24, 2.45) is 5.92 Å². The number of carbonyl (C=O) groups excluding carboxylic acids is 5. The van der Waals surface area contributed by atoms with Gasteiger partial charge in [0, 0.05) is 39.5 Å². The van der Waals surface area contributed by atoms with Crippen LogP contribution >= 0.6 is 0 Å². The molecule has 0 fully saturated rings. The second-order valence-corrected chi connectivity index (χ2v) is 10.8. The molecule has 0 aromatic heterocycles. The zero-order valence-corrected chi connectivity index (χ0v) is 25.5. The highest BCUT2D eigenvalue weighted by Crippen LogP contribution is 2.42. The fourth-order valence-corrected chi connectivity index (χ4v) is 5.10. The Bertz CT molecular complexity index is 1510. The van der Waals surface area contributed by atoms with E-state index in [9.17, 15) is 42.3 Å². The lowest BCUT2D eigenvalue weighted by Gasteiger charge is -2.49. The lowest BCUT2D eigenvalue weighted by molar-refractivity contribution is -0.287. The molecule has 0 spiro atoms. The first-order chi connectivity index (χ1) is 20.9. The van der Waals surface area contributed by atoms with Gasteiger partial charge in [0.25, 0.3) is 11.6 Å². The van der Waals surface area contributed by atoms with Crippen molar-refractivity contribution < 1.29 is 51.7 Å². The van der Waals surface area contributed by atoms with Gasteiger partial charge in [-0.2, -0.15) is 13.2 Å². The Hall–Kier alpha value is -4.72. The highest BCUT2D eigenvalue weighted by atomic mass is 19.4. The molecule has 0 saturated heterocycles. The van der Waals surface area contributed by atoms with Crippen LogP contribution in [-0.2, 0) is 30.4 Å². The van der Waals surface area contributed by atoms with Crippen molar-refractivity contribution in [3.05, 3.63) is 65.9 Å². The number of esters is 2. The molecule has 0 radical (unpaired) electrons. The lowest BCUT2D eigenvalue weighted by Crippen LogP contribution is -2.72. The number of hydrogen-bond acceptors (Lipinski definition) is 8. The number of rotatable bonds is 9. The van der Waals surface area contributed by atoms with Gasteiger partial charge in [0.05, 0.1) is 11.7 Å². The number of nitrogens with one attached hydrogen (secondary N) is 1. The van der Waals surface area contributed by atoms with Crippen LogP contribution in [0, 0.1) is 5.92 Å². The van der Waals surface area contributed by atoms with E-state index in [0.717, 1.165) is 37.9 Å². The first-order valence-corrected chi connectivity index (χ1v) is 13.8. The van der Waals surface area contributed by atoms with E-state index in [4.69, 9.17) is 9.47 Å². The maximum absolute atomic E-state index is 14.9. The van der Waals surface area contributed by atoms with E-state index < -0.39 is 66.0 Å². The summed E-state index contributed by atoms with van der Waals surface area (Å²) in [6.45, 7) is 7.32. The molecule has 14 heteroatoms. The van der Waals surface area contributed by atoms with Crippen LogP contribution in [0.15, 0.2) is 54.7 Å². The Kier molecular flexibility index (Phi) is 10.4. The van der Waals surface area contributed by atoms with Gasteiger partial charge in [-0.25, -0.2) is 0 Å². The largest absolute Gasteiger partial charge is 0.438 e. The normalized spacial score (nSPS) is 17.3.